The number of fused-ring (bicyclic) bond motifs is 1. The van der Waals surface area contributed by atoms with Crippen LogP contribution in [0.15, 0.2) is 6.33 Å². The molecule has 1 N–H and O–H groups in total. The van der Waals surface area contributed by atoms with Gasteiger partial charge in [0, 0.05) is 4.88 Å². The topological polar surface area (TPSA) is 54.5 Å². The van der Waals surface area contributed by atoms with Crippen LogP contribution < -0.4 is 0 Å². The Bertz CT molecular complexity index is 498. The number of rotatable bonds is 1. The summed E-state index contributed by atoms with van der Waals surface area (Å²) in [7, 11) is 0. The predicted octanol–water partition coefficient (Wildman–Crippen LogP) is 2.44. The molecule has 0 amide bonds. The molecule has 0 aliphatic heterocycles. The second kappa shape index (κ2) is 3.38. The summed E-state index contributed by atoms with van der Waals surface area (Å²) < 4.78 is 0. The van der Waals surface area contributed by atoms with Crippen molar-refractivity contribution >= 4 is 11.3 Å². The highest BCUT2D eigenvalue weighted by Crippen LogP contribution is 2.38. The van der Waals surface area contributed by atoms with E-state index in [1.165, 1.54) is 23.3 Å². The molecule has 0 saturated carbocycles. The standard InChI is InChI=1S/C11H14N4S/c1-11(2)4-3-7-8(5-11)16-10(14-7)9-12-6-13-15-9/h6H,3-5H2,1-2H3,(H,12,13,15). The van der Waals surface area contributed by atoms with Gasteiger partial charge in [0.1, 0.15) is 6.33 Å². The zero-order valence-corrected chi connectivity index (χ0v) is 10.3. The summed E-state index contributed by atoms with van der Waals surface area (Å²) in [4.78, 5) is 10.2. The van der Waals surface area contributed by atoms with Gasteiger partial charge in [0.2, 0.25) is 0 Å². The summed E-state index contributed by atoms with van der Waals surface area (Å²) in [6, 6.07) is 0. The van der Waals surface area contributed by atoms with E-state index in [-0.39, 0.29) is 0 Å². The van der Waals surface area contributed by atoms with Crippen LogP contribution in [0.3, 0.4) is 0 Å². The van der Waals surface area contributed by atoms with E-state index in [9.17, 15) is 0 Å². The van der Waals surface area contributed by atoms with Crippen molar-refractivity contribution in [3.8, 4) is 10.8 Å². The van der Waals surface area contributed by atoms with Crippen LogP contribution in [0, 0.1) is 5.41 Å². The van der Waals surface area contributed by atoms with Crippen LogP contribution in [-0.4, -0.2) is 20.2 Å². The second-order valence-corrected chi connectivity index (χ2v) is 6.15. The van der Waals surface area contributed by atoms with E-state index >= 15 is 0 Å². The number of hydrogen-bond acceptors (Lipinski definition) is 4. The number of aryl methyl sites for hydroxylation is 1. The molecule has 84 valence electrons. The molecular weight excluding hydrogens is 220 g/mol. The highest BCUT2D eigenvalue weighted by atomic mass is 32.1. The minimum Gasteiger partial charge on any atom is -0.257 e. The van der Waals surface area contributed by atoms with E-state index in [1.54, 1.807) is 11.3 Å². The minimum atomic E-state index is 0.415. The third-order valence-electron chi connectivity index (χ3n) is 3.07. The summed E-state index contributed by atoms with van der Waals surface area (Å²) in [5, 5.41) is 7.71. The van der Waals surface area contributed by atoms with Crippen molar-refractivity contribution in [3.63, 3.8) is 0 Å². The number of aromatic nitrogens is 4. The van der Waals surface area contributed by atoms with E-state index in [2.05, 4.69) is 34.0 Å². The van der Waals surface area contributed by atoms with Gasteiger partial charge in [-0.3, -0.25) is 5.10 Å². The van der Waals surface area contributed by atoms with Gasteiger partial charge < -0.3 is 0 Å². The second-order valence-electron chi connectivity index (χ2n) is 5.06. The van der Waals surface area contributed by atoms with Gasteiger partial charge in [0.25, 0.3) is 0 Å². The number of hydrogen-bond donors (Lipinski definition) is 1. The fourth-order valence-electron chi connectivity index (χ4n) is 2.11. The van der Waals surface area contributed by atoms with E-state index < -0.39 is 0 Å². The predicted molar refractivity (Wildman–Crippen MR) is 63.3 cm³/mol. The van der Waals surface area contributed by atoms with Crippen LogP contribution in [0.4, 0.5) is 0 Å². The maximum atomic E-state index is 4.64. The molecule has 1 aliphatic rings. The van der Waals surface area contributed by atoms with Gasteiger partial charge in [-0.2, -0.15) is 5.10 Å². The fourth-order valence-corrected chi connectivity index (χ4v) is 3.42. The molecule has 0 atom stereocenters. The van der Waals surface area contributed by atoms with Crippen LogP contribution in [-0.2, 0) is 12.8 Å². The molecule has 3 rings (SSSR count). The molecule has 0 radical (unpaired) electrons. The van der Waals surface area contributed by atoms with Crippen LogP contribution in [0.25, 0.3) is 10.8 Å². The van der Waals surface area contributed by atoms with Crippen molar-refractivity contribution in [3.05, 3.63) is 16.9 Å². The van der Waals surface area contributed by atoms with Gasteiger partial charge in [-0.1, -0.05) is 13.8 Å². The van der Waals surface area contributed by atoms with Crippen LogP contribution in [0.1, 0.15) is 30.8 Å². The molecule has 0 fully saturated rings. The molecule has 0 unspecified atom stereocenters. The Hall–Kier alpha value is -1.23. The molecule has 0 spiro atoms. The first-order valence-electron chi connectivity index (χ1n) is 5.48. The average Bonchev–Trinajstić information content (AvgIpc) is 2.81. The SMILES string of the molecule is CC1(C)CCc2nc(-c3ncn[nH]3)sc2C1. The van der Waals surface area contributed by atoms with E-state index in [4.69, 9.17) is 0 Å². The van der Waals surface area contributed by atoms with Crippen molar-refractivity contribution in [1.82, 2.24) is 20.2 Å². The summed E-state index contributed by atoms with van der Waals surface area (Å²) in [5.41, 5.74) is 1.67. The Labute approximate surface area is 98.1 Å². The lowest BCUT2D eigenvalue weighted by Gasteiger charge is -2.28. The summed E-state index contributed by atoms with van der Waals surface area (Å²) in [6.07, 6.45) is 4.97. The van der Waals surface area contributed by atoms with Crippen molar-refractivity contribution in [2.45, 2.75) is 33.1 Å². The molecule has 0 aromatic carbocycles. The van der Waals surface area contributed by atoms with Gasteiger partial charge in [-0.05, 0) is 24.7 Å². The largest absolute Gasteiger partial charge is 0.257 e. The Morgan fingerprint density at radius 2 is 2.31 bits per heavy atom. The molecule has 2 aromatic rings. The quantitative estimate of drug-likeness (QED) is 0.824. The van der Waals surface area contributed by atoms with Crippen molar-refractivity contribution < 1.29 is 0 Å². The van der Waals surface area contributed by atoms with Crippen LogP contribution >= 0.6 is 11.3 Å². The smallest absolute Gasteiger partial charge is 0.184 e. The van der Waals surface area contributed by atoms with Gasteiger partial charge in [0.15, 0.2) is 10.8 Å². The third-order valence-corrected chi connectivity index (χ3v) is 4.18. The number of H-pyrrole nitrogens is 1. The first-order valence-corrected chi connectivity index (χ1v) is 6.30. The molecule has 5 heteroatoms. The summed E-state index contributed by atoms with van der Waals surface area (Å²) >= 11 is 1.75. The molecule has 4 nitrogen and oxygen atoms in total. The maximum Gasteiger partial charge on any atom is 0.184 e. The zero-order chi connectivity index (χ0) is 11.2. The minimum absolute atomic E-state index is 0.415. The third kappa shape index (κ3) is 1.65. The zero-order valence-electron chi connectivity index (χ0n) is 9.45. The van der Waals surface area contributed by atoms with E-state index in [0.717, 1.165) is 23.7 Å². The molecule has 1 aliphatic carbocycles. The first kappa shape index (κ1) is 9.96. The fraction of sp³-hybridized carbons (Fsp3) is 0.545. The van der Waals surface area contributed by atoms with E-state index in [0.29, 0.717) is 5.41 Å². The highest BCUT2D eigenvalue weighted by Gasteiger charge is 2.28. The Morgan fingerprint density at radius 3 is 3.06 bits per heavy atom. The number of aromatic amines is 1. The average molecular weight is 234 g/mol. The van der Waals surface area contributed by atoms with Gasteiger partial charge in [-0.15, -0.1) is 11.3 Å². The Kier molecular flexibility index (Phi) is 2.10. The Morgan fingerprint density at radius 1 is 1.44 bits per heavy atom. The lowest BCUT2D eigenvalue weighted by Crippen LogP contribution is -2.20. The molecule has 2 aromatic heterocycles. The molecule has 0 saturated heterocycles. The maximum absolute atomic E-state index is 4.64. The highest BCUT2D eigenvalue weighted by molar-refractivity contribution is 7.15. The molecule has 2 heterocycles. The molecular formula is C11H14N4S. The van der Waals surface area contributed by atoms with Gasteiger partial charge in [-0.25, -0.2) is 9.97 Å². The molecule has 16 heavy (non-hydrogen) atoms. The number of thiazole rings is 1. The lowest BCUT2D eigenvalue weighted by atomic mass is 9.79. The van der Waals surface area contributed by atoms with Gasteiger partial charge >= 0.3 is 0 Å². The van der Waals surface area contributed by atoms with Gasteiger partial charge in [0.05, 0.1) is 5.69 Å². The molecule has 0 bridgehead atoms. The lowest BCUT2D eigenvalue weighted by molar-refractivity contribution is 0.316. The monoisotopic (exact) mass is 234 g/mol. The number of nitrogens with zero attached hydrogens (tertiary/aromatic N) is 3. The van der Waals surface area contributed by atoms with Crippen molar-refractivity contribution in [1.29, 1.82) is 0 Å². The normalized spacial score (nSPS) is 18.4. The van der Waals surface area contributed by atoms with Crippen LogP contribution in [0.5, 0.6) is 0 Å². The first-order chi connectivity index (χ1) is 7.64. The van der Waals surface area contributed by atoms with Crippen molar-refractivity contribution in [2.75, 3.05) is 0 Å². The van der Waals surface area contributed by atoms with E-state index in [1.807, 2.05) is 0 Å². The van der Waals surface area contributed by atoms with Crippen molar-refractivity contribution in [2.24, 2.45) is 5.41 Å². The number of nitrogens with one attached hydrogen (secondary N) is 1. The Balaban J connectivity index is 1.99. The van der Waals surface area contributed by atoms with Crippen LogP contribution in [0.2, 0.25) is 0 Å². The summed E-state index contributed by atoms with van der Waals surface area (Å²) in [6.45, 7) is 4.65. The summed E-state index contributed by atoms with van der Waals surface area (Å²) in [5.74, 6) is 0.789.